The molecule has 32 heavy (non-hydrogen) atoms. The van der Waals surface area contributed by atoms with Crippen LogP contribution in [0.3, 0.4) is 0 Å². The van der Waals surface area contributed by atoms with Crippen LogP contribution in [0.15, 0.2) is 84.9 Å². The Balaban J connectivity index is 1.62. The summed E-state index contributed by atoms with van der Waals surface area (Å²) in [4.78, 5) is 13.5. The van der Waals surface area contributed by atoms with Gasteiger partial charge in [0.25, 0.3) is 0 Å². The monoisotopic (exact) mass is 425 g/mol. The van der Waals surface area contributed by atoms with Gasteiger partial charge in [0.1, 0.15) is 5.75 Å². The zero-order chi connectivity index (χ0) is 22.5. The van der Waals surface area contributed by atoms with Crippen molar-refractivity contribution in [3.8, 4) is 5.75 Å². The number of hydrogen-bond donors (Lipinski definition) is 1. The SMILES string of the molecule is COc1cccc(Cn2nc(C)c(NC(=O)C(c3ccccc3)c3ccccc3)c2C)c1. The maximum Gasteiger partial charge on any atom is 0.236 e. The number of nitrogens with one attached hydrogen (secondary N) is 1. The Kier molecular flexibility index (Phi) is 6.36. The number of carbonyl (C=O) groups excluding carboxylic acids is 1. The van der Waals surface area contributed by atoms with E-state index in [2.05, 4.69) is 10.4 Å². The van der Waals surface area contributed by atoms with Crippen LogP contribution in [0.2, 0.25) is 0 Å². The van der Waals surface area contributed by atoms with E-state index in [0.29, 0.717) is 6.54 Å². The number of ether oxygens (including phenoxy) is 1. The van der Waals surface area contributed by atoms with E-state index in [1.54, 1.807) is 7.11 Å². The lowest BCUT2D eigenvalue weighted by Crippen LogP contribution is -2.23. The van der Waals surface area contributed by atoms with Gasteiger partial charge in [-0.2, -0.15) is 5.10 Å². The van der Waals surface area contributed by atoms with Crippen LogP contribution in [0, 0.1) is 13.8 Å². The number of benzene rings is 3. The maximum atomic E-state index is 13.5. The van der Waals surface area contributed by atoms with Crippen molar-refractivity contribution in [1.82, 2.24) is 9.78 Å². The van der Waals surface area contributed by atoms with E-state index in [1.165, 1.54) is 0 Å². The number of methoxy groups -OCH3 is 1. The van der Waals surface area contributed by atoms with E-state index in [4.69, 9.17) is 4.74 Å². The van der Waals surface area contributed by atoms with Gasteiger partial charge in [-0.3, -0.25) is 9.48 Å². The Morgan fingerprint density at radius 2 is 1.56 bits per heavy atom. The van der Waals surface area contributed by atoms with E-state index < -0.39 is 5.92 Å². The van der Waals surface area contributed by atoms with Gasteiger partial charge in [-0.1, -0.05) is 72.8 Å². The third kappa shape index (κ3) is 4.57. The summed E-state index contributed by atoms with van der Waals surface area (Å²) in [5, 5.41) is 7.84. The van der Waals surface area contributed by atoms with Crippen LogP contribution in [0.4, 0.5) is 5.69 Å². The summed E-state index contributed by atoms with van der Waals surface area (Å²) in [6.45, 7) is 4.50. The number of aryl methyl sites for hydroxylation is 1. The molecule has 1 N–H and O–H groups in total. The molecule has 0 saturated carbocycles. The Morgan fingerprint density at radius 1 is 0.938 bits per heavy atom. The zero-order valence-corrected chi connectivity index (χ0v) is 18.6. The van der Waals surface area contributed by atoms with Gasteiger partial charge in [-0.05, 0) is 42.7 Å². The molecule has 0 saturated heterocycles. The number of aromatic nitrogens is 2. The fourth-order valence-electron chi connectivity index (χ4n) is 3.96. The van der Waals surface area contributed by atoms with Crippen molar-refractivity contribution in [1.29, 1.82) is 0 Å². The third-order valence-corrected chi connectivity index (χ3v) is 5.62. The molecule has 0 fully saturated rings. The second kappa shape index (κ2) is 9.52. The highest BCUT2D eigenvalue weighted by atomic mass is 16.5. The topological polar surface area (TPSA) is 56.1 Å². The van der Waals surface area contributed by atoms with Crippen molar-refractivity contribution in [2.24, 2.45) is 0 Å². The van der Waals surface area contributed by atoms with Gasteiger partial charge in [-0.25, -0.2) is 0 Å². The zero-order valence-electron chi connectivity index (χ0n) is 18.6. The number of amides is 1. The third-order valence-electron chi connectivity index (χ3n) is 5.62. The first-order valence-electron chi connectivity index (χ1n) is 10.6. The normalized spacial score (nSPS) is 10.9. The molecule has 0 aliphatic carbocycles. The fourth-order valence-corrected chi connectivity index (χ4v) is 3.96. The second-order valence-electron chi connectivity index (χ2n) is 7.80. The second-order valence-corrected chi connectivity index (χ2v) is 7.80. The van der Waals surface area contributed by atoms with E-state index >= 15 is 0 Å². The summed E-state index contributed by atoms with van der Waals surface area (Å²) in [7, 11) is 1.66. The van der Waals surface area contributed by atoms with E-state index in [0.717, 1.165) is 39.5 Å². The van der Waals surface area contributed by atoms with Crippen LogP contribution in [0.1, 0.15) is 34.0 Å². The molecule has 3 aromatic carbocycles. The van der Waals surface area contributed by atoms with Crippen LogP contribution in [-0.2, 0) is 11.3 Å². The molecule has 0 aliphatic rings. The Hall–Kier alpha value is -3.86. The predicted octanol–water partition coefficient (Wildman–Crippen LogP) is 5.33. The highest BCUT2D eigenvalue weighted by molar-refractivity contribution is 5.99. The molecule has 1 heterocycles. The smallest absolute Gasteiger partial charge is 0.236 e. The van der Waals surface area contributed by atoms with Crippen LogP contribution in [-0.4, -0.2) is 22.8 Å². The molecule has 4 rings (SSSR count). The van der Waals surface area contributed by atoms with Crippen molar-refractivity contribution < 1.29 is 9.53 Å². The quantitative estimate of drug-likeness (QED) is 0.436. The molecule has 5 heteroatoms. The molecule has 0 radical (unpaired) electrons. The first-order chi connectivity index (χ1) is 15.6. The summed E-state index contributed by atoms with van der Waals surface area (Å²) >= 11 is 0. The molecule has 0 atom stereocenters. The minimum Gasteiger partial charge on any atom is -0.497 e. The molecule has 1 amide bonds. The molecule has 0 bridgehead atoms. The number of rotatable bonds is 7. The summed E-state index contributed by atoms with van der Waals surface area (Å²) in [6, 6.07) is 27.6. The summed E-state index contributed by atoms with van der Waals surface area (Å²) in [5.41, 5.74) is 5.46. The average molecular weight is 426 g/mol. The lowest BCUT2D eigenvalue weighted by atomic mass is 9.90. The predicted molar refractivity (Wildman–Crippen MR) is 127 cm³/mol. The molecular weight excluding hydrogens is 398 g/mol. The van der Waals surface area contributed by atoms with E-state index in [9.17, 15) is 4.79 Å². The van der Waals surface area contributed by atoms with Crippen LogP contribution in [0.5, 0.6) is 5.75 Å². The van der Waals surface area contributed by atoms with Crippen molar-refractivity contribution in [3.63, 3.8) is 0 Å². The van der Waals surface area contributed by atoms with Gasteiger partial charge in [0, 0.05) is 0 Å². The van der Waals surface area contributed by atoms with Crippen LogP contribution in [0.25, 0.3) is 0 Å². The molecule has 0 unspecified atom stereocenters. The van der Waals surface area contributed by atoms with Crippen LogP contribution < -0.4 is 10.1 Å². The van der Waals surface area contributed by atoms with Gasteiger partial charge < -0.3 is 10.1 Å². The van der Waals surface area contributed by atoms with Crippen molar-refractivity contribution in [2.75, 3.05) is 12.4 Å². The lowest BCUT2D eigenvalue weighted by Gasteiger charge is -2.18. The van der Waals surface area contributed by atoms with Crippen LogP contribution >= 0.6 is 0 Å². The van der Waals surface area contributed by atoms with E-state index in [1.807, 2.05) is 103 Å². The molecule has 4 aromatic rings. The number of hydrogen-bond acceptors (Lipinski definition) is 3. The number of anilines is 1. The first-order valence-corrected chi connectivity index (χ1v) is 10.6. The fraction of sp³-hybridized carbons (Fsp3) is 0.185. The minimum absolute atomic E-state index is 0.0745. The molecule has 1 aromatic heterocycles. The Bertz CT molecular complexity index is 1160. The summed E-state index contributed by atoms with van der Waals surface area (Å²) in [5.74, 6) is 0.332. The molecule has 162 valence electrons. The highest BCUT2D eigenvalue weighted by Crippen LogP contribution is 2.28. The molecule has 0 spiro atoms. The first kappa shape index (κ1) is 21.4. The largest absolute Gasteiger partial charge is 0.497 e. The number of carbonyl (C=O) groups is 1. The average Bonchev–Trinajstić information content (AvgIpc) is 3.08. The molecule has 0 aliphatic heterocycles. The van der Waals surface area contributed by atoms with Gasteiger partial charge in [-0.15, -0.1) is 0 Å². The highest BCUT2D eigenvalue weighted by Gasteiger charge is 2.25. The minimum atomic E-state index is -0.405. The summed E-state index contributed by atoms with van der Waals surface area (Å²) in [6.07, 6.45) is 0. The van der Waals surface area contributed by atoms with Gasteiger partial charge >= 0.3 is 0 Å². The standard InChI is InChI=1S/C27H27N3O2/c1-19-26(20(2)30(29-19)18-21-11-10-16-24(17-21)32-3)28-27(31)25(22-12-6-4-7-13-22)23-14-8-5-9-15-23/h4-17,25H,18H2,1-3H3,(H,28,31). The van der Waals surface area contributed by atoms with Crippen molar-refractivity contribution in [2.45, 2.75) is 26.3 Å². The number of nitrogens with zero attached hydrogens (tertiary/aromatic N) is 2. The Labute approximate surface area is 188 Å². The summed E-state index contributed by atoms with van der Waals surface area (Å²) < 4.78 is 7.24. The van der Waals surface area contributed by atoms with E-state index in [-0.39, 0.29) is 5.91 Å². The van der Waals surface area contributed by atoms with Gasteiger partial charge in [0.05, 0.1) is 36.6 Å². The molecule has 5 nitrogen and oxygen atoms in total. The van der Waals surface area contributed by atoms with Gasteiger partial charge in [0.15, 0.2) is 0 Å². The maximum absolute atomic E-state index is 13.5. The lowest BCUT2D eigenvalue weighted by molar-refractivity contribution is -0.116. The van der Waals surface area contributed by atoms with Gasteiger partial charge in [0.2, 0.25) is 5.91 Å². The van der Waals surface area contributed by atoms with Crippen molar-refractivity contribution >= 4 is 11.6 Å². The Morgan fingerprint density at radius 3 is 2.16 bits per heavy atom. The van der Waals surface area contributed by atoms with Crippen molar-refractivity contribution in [3.05, 3.63) is 113 Å². The molecular formula is C27H27N3O2.